The largest absolute Gasteiger partial charge is 0.184 e. The standard InChI is InChI=1S/C8H4BrClN2S2/c9-7-11-12-8(14-7)13-6-3-1-5(10)2-4-6/h1-4H. The maximum Gasteiger partial charge on any atom is 0.184 e. The van der Waals surface area contributed by atoms with Crippen LogP contribution in [0.4, 0.5) is 0 Å². The fraction of sp³-hybridized carbons (Fsp3) is 0. The molecule has 1 aromatic carbocycles. The van der Waals surface area contributed by atoms with Crippen molar-refractivity contribution >= 4 is 50.6 Å². The molecular formula is C8H4BrClN2S2. The van der Waals surface area contributed by atoms with Gasteiger partial charge in [0.05, 0.1) is 0 Å². The van der Waals surface area contributed by atoms with Crippen LogP contribution in [0.2, 0.25) is 5.02 Å². The molecule has 0 N–H and O–H groups in total. The van der Waals surface area contributed by atoms with Gasteiger partial charge in [0, 0.05) is 9.92 Å². The van der Waals surface area contributed by atoms with E-state index in [0.717, 1.165) is 18.2 Å². The van der Waals surface area contributed by atoms with Gasteiger partial charge in [-0.05, 0) is 40.2 Å². The fourth-order valence-corrected chi connectivity index (χ4v) is 3.38. The quantitative estimate of drug-likeness (QED) is 0.835. The van der Waals surface area contributed by atoms with Crippen molar-refractivity contribution in [3.8, 4) is 0 Å². The summed E-state index contributed by atoms with van der Waals surface area (Å²) in [5.41, 5.74) is 0. The third kappa shape index (κ3) is 2.70. The van der Waals surface area contributed by atoms with Gasteiger partial charge in [0.25, 0.3) is 0 Å². The summed E-state index contributed by atoms with van der Waals surface area (Å²) in [6, 6.07) is 7.64. The van der Waals surface area contributed by atoms with E-state index in [2.05, 4.69) is 26.1 Å². The van der Waals surface area contributed by atoms with Crippen molar-refractivity contribution < 1.29 is 0 Å². The zero-order valence-electron chi connectivity index (χ0n) is 6.78. The highest BCUT2D eigenvalue weighted by molar-refractivity contribution is 9.11. The Hall–Kier alpha value is -0.100. The molecule has 1 heterocycles. The zero-order valence-corrected chi connectivity index (χ0v) is 10.8. The lowest BCUT2D eigenvalue weighted by atomic mass is 10.4. The van der Waals surface area contributed by atoms with E-state index in [4.69, 9.17) is 11.6 Å². The molecule has 2 nitrogen and oxygen atoms in total. The Bertz CT molecular complexity index is 429. The van der Waals surface area contributed by atoms with Crippen LogP contribution in [0.3, 0.4) is 0 Å². The Balaban J connectivity index is 2.15. The minimum atomic E-state index is 0.743. The van der Waals surface area contributed by atoms with E-state index in [0.29, 0.717) is 0 Å². The lowest BCUT2D eigenvalue weighted by molar-refractivity contribution is 0.997. The molecule has 0 aliphatic heterocycles. The molecule has 0 atom stereocenters. The average molecular weight is 308 g/mol. The topological polar surface area (TPSA) is 25.8 Å². The van der Waals surface area contributed by atoms with Gasteiger partial charge in [-0.15, -0.1) is 10.2 Å². The molecule has 2 rings (SSSR count). The fourth-order valence-electron chi connectivity index (χ4n) is 0.838. The molecular weight excluding hydrogens is 304 g/mol. The van der Waals surface area contributed by atoms with E-state index in [9.17, 15) is 0 Å². The van der Waals surface area contributed by atoms with Crippen molar-refractivity contribution in [1.29, 1.82) is 0 Å². The molecule has 0 radical (unpaired) electrons. The molecule has 6 heteroatoms. The van der Waals surface area contributed by atoms with Gasteiger partial charge < -0.3 is 0 Å². The molecule has 0 aliphatic rings. The van der Waals surface area contributed by atoms with E-state index in [-0.39, 0.29) is 0 Å². The van der Waals surface area contributed by atoms with Gasteiger partial charge in [0.15, 0.2) is 8.26 Å². The smallest absolute Gasteiger partial charge is 0.130 e. The Morgan fingerprint density at radius 2 is 1.93 bits per heavy atom. The van der Waals surface area contributed by atoms with Gasteiger partial charge in [-0.25, -0.2) is 0 Å². The van der Waals surface area contributed by atoms with E-state index >= 15 is 0 Å². The summed E-state index contributed by atoms with van der Waals surface area (Å²) < 4.78 is 1.72. The molecule has 0 fully saturated rings. The van der Waals surface area contributed by atoms with E-state index < -0.39 is 0 Å². The van der Waals surface area contributed by atoms with Gasteiger partial charge >= 0.3 is 0 Å². The predicted octanol–water partition coefficient (Wildman–Crippen LogP) is 4.11. The SMILES string of the molecule is Clc1ccc(Sc2nnc(Br)s2)cc1. The van der Waals surface area contributed by atoms with E-state index in [1.54, 1.807) is 11.8 Å². The molecule has 0 saturated heterocycles. The number of halogens is 2. The van der Waals surface area contributed by atoms with Crippen LogP contribution in [0.5, 0.6) is 0 Å². The summed E-state index contributed by atoms with van der Waals surface area (Å²) in [5.74, 6) is 0. The first kappa shape index (κ1) is 10.4. The monoisotopic (exact) mass is 306 g/mol. The van der Waals surface area contributed by atoms with Crippen LogP contribution in [0.1, 0.15) is 0 Å². The van der Waals surface area contributed by atoms with Crippen LogP contribution in [-0.2, 0) is 0 Å². The first-order valence-corrected chi connectivity index (χ1v) is 6.47. The number of nitrogens with zero attached hydrogens (tertiary/aromatic N) is 2. The van der Waals surface area contributed by atoms with Crippen molar-refractivity contribution in [3.63, 3.8) is 0 Å². The Morgan fingerprint density at radius 3 is 2.50 bits per heavy atom. The third-order valence-electron chi connectivity index (χ3n) is 1.40. The van der Waals surface area contributed by atoms with Crippen molar-refractivity contribution in [2.75, 3.05) is 0 Å². The van der Waals surface area contributed by atoms with Crippen molar-refractivity contribution in [2.24, 2.45) is 0 Å². The van der Waals surface area contributed by atoms with Crippen molar-refractivity contribution in [3.05, 3.63) is 33.2 Å². The van der Waals surface area contributed by atoms with Crippen LogP contribution in [0.25, 0.3) is 0 Å². The maximum absolute atomic E-state index is 5.78. The lowest BCUT2D eigenvalue weighted by Gasteiger charge is -1.95. The van der Waals surface area contributed by atoms with Crippen LogP contribution in [0.15, 0.2) is 37.4 Å². The highest BCUT2D eigenvalue weighted by atomic mass is 79.9. The van der Waals surface area contributed by atoms with Gasteiger partial charge in [-0.2, -0.15) is 0 Å². The number of hydrogen-bond donors (Lipinski definition) is 0. The molecule has 72 valence electrons. The number of rotatable bonds is 2. The number of hydrogen-bond acceptors (Lipinski definition) is 4. The summed E-state index contributed by atoms with van der Waals surface area (Å²) in [6.45, 7) is 0. The second-order valence-corrected chi connectivity index (χ2v) is 6.39. The minimum Gasteiger partial charge on any atom is -0.130 e. The molecule has 14 heavy (non-hydrogen) atoms. The molecule has 0 amide bonds. The Labute approximate surface area is 103 Å². The van der Waals surface area contributed by atoms with Gasteiger partial charge in [-0.3, -0.25) is 0 Å². The Kier molecular flexibility index (Phi) is 3.43. The van der Waals surface area contributed by atoms with Crippen molar-refractivity contribution in [2.45, 2.75) is 9.24 Å². The van der Waals surface area contributed by atoms with Crippen LogP contribution >= 0.6 is 50.6 Å². The molecule has 0 bridgehead atoms. The molecule has 1 aromatic heterocycles. The predicted molar refractivity (Wildman–Crippen MR) is 63.2 cm³/mol. The normalized spacial score (nSPS) is 10.4. The van der Waals surface area contributed by atoms with Gasteiger partial charge in [0.2, 0.25) is 0 Å². The summed E-state index contributed by atoms with van der Waals surface area (Å²) in [4.78, 5) is 1.11. The van der Waals surface area contributed by atoms with Crippen LogP contribution in [0, 0.1) is 0 Å². The molecule has 2 aromatic rings. The summed E-state index contributed by atoms with van der Waals surface area (Å²) in [5, 5.41) is 8.60. The molecule has 0 saturated carbocycles. The van der Waals surface area contributed by atoms with E-state index in [1.165, 1.54) is 11.3 Å². The second kappa shape index (κ2) is 4.61. The zero-order chi connectivity index (χ0) is 9.97. The molecule has 0 aliphatic carbocycles. The molecule has 0 unspecified atom stereocenters. The second-order valence-electron chi connectivity index (χ2n) is 2.38. The van der Waals surface area contributed by atoms with E-state index in [1.807, 2.05) is 24.3 Å². The van der Waals surface area contributed by atoms with Gasteiger partial charge in [0.1, 0.15) is 0 Å². The Morgan fingerprint density at radius 1 is 1.21 bits per heavy atom. The average Bonchev–Trinajstić information content (AvgIpc) is 2.56. The number of benzene rings is 1. The first-order chi connectivity index (χ1) is 6.74. The van der Waals surface area contributed by atoms with Crippen LogP contribution < -0.4 is 0 Å². The molecule has 0 spiro atoms. The highest BCUT2D eigenvalue weighted by Gasteiger charge is 2.03. The van der Waals surface area contributed by atoms with Crippen molar-refractivity contribution in [1.82, 2.24) is 10.2 Å². The summed E-state index contributed by atoms with van der Waals surface area (Å²) in [6.07, 6.45) is 0. The third-order valence-corrected chi connectivity index (χ3v) is 4.07. The number of aromatic nitrogens is 2. The first-order valence-electron chi connectivity index (χ1n) is 3.66. The summed E-state index contributed by atoms with van der Waals surface area (Å²) >= 11 is 12.1. The maximum atomic E-state index is 5.78. The van der Waals surface area contributed by atoms with Crippen LogP contribution in [-0.4, -0.2) is 10.2 Å². The van der Waals surface area contributed by atoms with Gasteiger partial charge in [-0.1, -0.05) is 34.7 Å². The highest BCUT2D eigenvalue weighted by Crippen LogP contribution is 2.32. The lowest BCUT2D eigenvalue weighted by Crippen LogP contribution is -1.72. The minimum absolute atomic E-state index is 0.743. The summed E-state index contributed by atoms with van der Waals surface area (Å²) in [7, 11) is 0.